The SMILES string of the molecule is [B]c1c([B])c([B]c2cc(C)ccc2C)c2c(c1[B])[B]2. The highest BCUT2D eigenvalue weighted by Gasteiger charge is 2.27. The van der Waals surface area contributed by atoms with Crippen LogP contribution < -0.4 is 38.2 Å². The number of hydrogen-bond acceptors (Lipinski definition) is 0. The van der Waals surface area contributed by atoms with Crippen molar-refractivity contribution in [2.75, 3.05) is 0 Å². The van der Waals surface area contributed by atoms with Crippen LogP contribution in [0.25, 0.3) is 0 Å². The molecule has 0 atom stereocenters. The molecule has 3 rings (SSSR count). The first-order valence-electron chi connectivity index (χ1n) is 6.26. The normalized spacial score (nSPS) is 11.7. The van der Waals surface area contributed by atoms with E-state index in [4.69, 9.17) is 23.5 Å². The zero-order valence-corrected chi connectivity index (χ0v) is 11.1. The van der Waals surface area contributed by atoms with Crippen molar-refractivity contribution in [3.63, 3.8) is 0 Å². The van der Waals surface area contributed by atoms with E-state index < -0.39 is 0 Å². The molecule has 0 fully saturated rings. The molecule has 0 unspecified atom stereocenters. The van der Waals surface area contributed by atoms with E-state index in [9.17, 15) is 0 Å². The number of hydrogen-bond donors (Lipinski definition) is 0. The van der Waals surface area contributed by atoms with Crippen molar-refractivity contribution in [2.24, 2.45) is 0 Å². The average molecular weight is 231 g/mol. The molecular formula is C14H9B5. The maximum Gasteiger partial charge on any atom is 0.190 e. The predicted octanol–water partition coefficient (Wildman–Crippen LogP) is -3.69. The number of rotatable bonds is 2. The monoisotopic (exact) mass is 232 g/mol. The van der Waals surface area contributed by atoms with E-state index in [1.54, 1.807) is 0 Å². The number of aryl methyl sites for hydroxylation is 2. The Hall–Kier alpha value is -1.24. The fourth-order valence-corrected chi connectivity index (χ4v) is 2.36. The number of fused-ring (bicyclic) bond motifs is 1. The predicted molar refractivity (Wildman–Crippen MR) is 88.6 cm³/mol. The molecule has 1 aliphatic rings. The summed E-state index contributed by atoms with van der Waals surface area (Å²) in [5, 5.41) is 0. The van der Waals surface area contributed by atoms with Gasteiger partial charge in [-0.05, 0) is 13.8 Å². The van der Waals surface area contributed by atoms with Crippen LogP contribution in [-0.4, -0.2) is 38.1 Å². The first kappa shape index (κ1) is 12.8. The second kappa shape index (κ2) is 4.40. The highest BCUT2D eigenvalue weighted by atomic mass is 14.1. The summed E-state index contributed by atoms with van der Waals surface area (Å²) < 4.78 is 0. The summed E-state index contributed by atoms with van der Waals surface area (Å²) in [5.41, 5.74) is 8.40. The Morgan fingerprint density at radius 1 is 0.947 bits per heavy atom. The molecule has 0 nitrogen and oxygen atoms in total. The zero-order chi connectivity index (χ0) is 13.7. The standard InChI is InChI=1S/C14H9B5/c1-6-3-4-7(2)8(5-6)18-12-10(16)9(15)11(17)13-14(12)19-13/h3-5H,1-2H3. The van der Waals surface area contributed by atoms with Crippen LogP contribution in [0.3, 0.4) is 0 Å². The van der Waals surface area contributed by atoms with Crippen molar-refractivity contribution >= 4 is 76.3 Å². The van der Waals surface area contributed by atoms with E-state index in [2.05, 4.69) is 39.3 Å². The fraction of sp³-hybridized carbons (Fsp3) is 0.143. The molecule has 0 saturated heterocycles. The van der Waals surface area contributed by atoms with E-state index in [-0.39, 0.29) is 0 Å². The smallest absolute Gasteiger partial charge is 0.112 e. The van der Waals surface area contributed by atoms with Crippen molar-refractivity contribution in [1.82, 2.24) is 0 Å². The summed E-state index contributed by atoms with van der Waals surface area (Å²) in [4.78, 5) is 0. The van der Waals surface area contributed by atoms with Gasteiger partial charge in [-0.15, -0.1) is 16.4 Å². The van der Waals surface area contributed by atoms with Gasteiger partial charge in [0.2, 0.25) is 0 Å². The lowest BCUT2D eigenvalue weighted by atomic mass is 9.55. The Morgan fingerprint density at radius 3 is 2.42 bits per heavy atom. The fourth-order valence-electron chi connectivity index (χ4n) is 2.36. The summed E-state index contributed by atoms with van der Waals surface area (Å²) in [6.45, 7) is 4.17. The van der Waals surface area contributed by atoms with Crippen LogP contribution >= 0.6 is 0 Å². The molecule has 0 aliphatic carbocycles. The van der Waals surface area contributed by atoms with Gasteiger partial charge in [-0.3, -0.25) is 0 Å². The molecule has 8 radical (unpaired) electrons. The van der Waals surface area contributed by atoms with Crippen LogP contribution in [0.1, 0.15) is 11.1 Å². The van der Waals surface area contributed by atoms with Crippen LogP contribution in [0, 0.1) is 13.8 Å². The minimum atomic E-state index is 0.490. The van der Waals surface area contributed by atoms with Gasteiger partial charge in [-0.1, -0.05) is 51.2 Å². The van der Waals surface area contributed by atoms with Crippen LogP contribution in [-0.2, 0) is 0 Å². The minimum Gasteiger partial charge on any atom is -0.112 e. The lowest BCUT2D eigenvalue weighted by Crippen LogP contribution is -2.57. The highest BCUT2D eigenvalue weighted by molar-refractivity contribution is 6.98. The Labute approximate surface area is 120 Å². The van der Waals surface area contributed by atoms with Crippen LogP contribution in [0.15, 0.2) is 18.2 Å². The maximum absolute atomic E-state index is 6.10. The van der Waals surface area contributed by atoms with Crippen molar-refractivity contribution < 1.29 is 0 Å². The van der Waals surface area contributed by atoms with Crippen LogP contribution in [0.2, 0.25) is 0 Å². The Morgan fingerprint density at radius 2 is 1.68 bits per heavy atom. The van der Waals surface area contributed by atoms with E-state index in [0.29, 0.717) is 16.4 Å². The van der Waals surface area contributed by atoms with Gasteiger partial charge < -0.3 is 0 Å². The first-order chi connectivity index (χ1) is 8.99. The lowest BCUT2D eigenvalue weighted by molar-refractivity contribution is 1.43. The molecule has 0 aromatic heterocycles. The van der Waals surface area contributed by atoms with Gasteiger partial charge in [0.25, 0.3) is 0 Å². The van der Waals surface area contributed by atoms with Gasteiger partial charge in [0, 0.05) is 0 Å². The quantitative estimate of drug-likeness (QED) is 0.398. The third-order valence-corrected chi connectivity index (χ3v) is 3.68. The van der Waals surface area contributed by atoms with Crippen molar-refractivity contribution in [3.05, 3.63) is 29.3 Å². The molecule has 2 aromatic carbocycles. The molecule has 19 heavy (non-hydrogen) atoms. The summed E-state index contributed by atoms with van der Waals surface area (Å²) in [6, 6.07) is 6.36. The molecule has 1 heterocycles. The lowest BCUT2D eigenvalue weighted by Gasteiger charge is -2.14. The Bertz CT molecular complexity index is 691. The van der Waals surface area contributed by atoms with Gasteiger partial charge in [-0.25, -0.2) is 0 Å². The summed E-state index contributed by atoms with van der Waals surface area (Å²) in [7, 11) is 22.1. The molecule has 0 bridgehead atoms. The summed E-state index contributed by atoms with van der Waals surface area (Å²) in [6.07, 6.45) is 0. The van der Waals surface area contributed by atoms with Gasteiger partial charge in [0.1, 0.15) is 23.5 Å². The largest absolute Gasteiger partial charge is 0.190 e. The van der Waals surface area contributed by atoms with Gasteiger partial charge in [0.05, 0.1) is 0 Å². The van der Waals surface area contributed by atoms with Crippen LogP contribution in [0.4, 0.5) is 0 Å². The summed E-state index contributed by atoms with van der Waals surface area (Å²) >= 11 is 0. The molecule has 0 spiro atoms. The number of benzene rings is 2. The third kappa shape index (κ3) is 2.10. The van der Waals surface area contributed by atoms with E-state index in [0.717, 1.165) is 16.4 Å². The van der Waals surface area contributed by atoms with Crippen molar-refractivity contribution in [2.45, 2.75) is 13.8 Å². The van der Waals surface area contributed by atoms with Gasteiger partial charge in [0.15, 0.2) is 14.6 Å². The van der Waals surface area contributed by atoms with Crippen molar-refractivity contribution in [3.8, 4) is 0 Å². The molecule has 1 aliphatic heterocycles. The zero-order valence-electron chi connectivity index (χ0n) is 11.1. The van der Waals surface area contributed by atoms with E-state index in [1.807, 2.05) is 7.28 Å². The van der Waals surface area contributed by atoms with Gasteiger partial charge in [-0.2, -0.15) is 0 Å². The molecule has 0 N–H and O–H groups in total. The molecule has 5 heteroatoms. The average Bonchev–Trinajstić information content (AvgIpc) is 3.16. The topological polar surface area (TPSA) is 0 Å². The summed E-state index contributed by atoms with van der Waals surface area (Å²) in [5.74, 6) is 0. The van der Waals surface area contributed by atoms with Crippen LogP contribution in [0.5, 0.6) is 0 Å². The highest BCUT2D eigenvalue weighted by Crippen LogP contribution is 1.98. The first-order valence-corrected chi connectivity index (χ1v) is 6.26. The Balaban J connectivity index is 2.06. The second-order valence-electron chi connectivity index (χ2n) is 5.13. The molecule has 80 valence electrons. The molecule has 0 saturated carbocycles. The maximum atomic E-state index is 6.10. The van der Waals surface area contributed by atoms with Gasteiger partial charge >= 0.3 is 0 Å². The Kier molecular flexibility index (Phi) is 2.96. The van der Waals surface area contributed by atoms with E-state index >= 15 is 0 Å². The molecule has 0 amide bonds. The van der Waals surface area contributed by atoms with Crippen molar-refractivity contribution in [1.29, 1.82) is 0 Å². The third-order valence-electron chi connectivity index (χ3n) is 3.68. The minimum absolute atomic E-state index is 0.490. The second-order valence-corrected chi connectivity index (χ2v) is 5.13. The molecule has 2 aromatic rings. The van der Waals surface area contributed by atoms with E-state index in [1.165, 1.54) is 16.6 Å². The molecular weight excluding hydrogens is 222 g/mol.